The Hall–Kier alpha value is -3.46. The van der Waals surface area contributed by atoms with Gasteiger partial charge in [0.1, 0.15) is 12.4 Å². The van der Waals surface area contributed by atoms with Gasteiger partial charge in [0.2, 0.25) is 0 Å². The third-order valence-corrected chi connectivity index (χ3v) is 10.2. The number of oxime groups is 1. The molecule has 4 aliphatic rings. The lowest BCUT2D eigenvalue weighted by Gasteiger charge is -2.52. The maximum atomic E-state index is 13.6. The van der Waals surface area contributed by atoms with E-state index in [2.05, 4.69) is 37.8 Å². The minimum absolute atomic E-state index is 0.160. The molecule has 7 rings (SSSR count). The first-order chi connectivity index (χ1) is 17.8. The predicted molar refractivity (Wildman–Crippen MR) is 139 cm³/mol. The molecule has 0 N–H and O–H groups in total. The molecule has 190 valence electrons. The van der Waals surface area contributed by atoms with E-state index in [1.807, 2.05) is 19.4 Å². The zero-order valence-electron chi connectivity index (χ0n) is 20.5. The van der Waals surface area contributed by atoms with E-state index in [-0.39, 0.29) is 28.8 Å². The highest BCUT2D eigenvalue weighted by molar-refractivity contribution is 7.92. The SMILES string of the molecule is Cc1cn(-c2ccc(C=C3CC4(CN5C3=NOCC5c3ccc(F)cc3)CS(=O)(=O)C4)c3c2CC3)cn1. The van der Waals surface area contributed by atoms with Crippen LogP contribution < -0.4 is 0 Å². The van der Waals surface area contributed by atoms with E-state index in [1.54, 1.807) is 12.1 Å². The Kier molecular flexibility index (Phi) is 4.92. The van der Waals surface area contributed by atoms with Gasteiger partial charge in [-0.05, 0) is 78.3 Å². The second kappa shape index (κ2) is 8.02. The van der Waals surface area contributed by atoms with Crippen LogP contribution in [0.2, 0.25) is 0 Å². The average molecular weight is 519 g/mol. The van der Waals surface area contributed by atoms with Crippen molar-refractivity contribution in [2.24, 2.45) is 10.6 Å². The standard InChI is InChI=1S/C28H27FN4O3S/c1-18-12-32(17-30-18)25-9-4-20(23-7-8-24(23)25)10-21-11-28(15-37(34,35)16-28)14-33-26(13-36-31-27(21)33)19-2-5-22(29)6-3-19/h2-6,9-10,12,17,26H,7-8,11,13-16H2,1H3. The van der Waals surface area contributed by atoms with Crippen LogP contribution in [0.15, 0.2) is 59.7 Å². The Bertz CT molecular complexity index is 1580. The molecule has 1 atom stereocenters. The van der Waals surface area contributed by atoms with Crippen molar-refractivity contribution in [3.63, 3.8) is 0 Å². The molecule has 0 bridgehead atoms. The number of rotatable bonds is 3. The maximum absolute atomic E-state index is 13.6. The molecule has 1 spiro atoms. The van der Waals surface area contributed by atoms with Crippen LogP contribution in [0, 0.1) is 18.2 Å². The first-order valence-electron chi connectivity index (χ1n) is 12.6. The molecule has 3 aliphatic heterocycles. The number of piperidine rings is 1. The summed E-state index contributed by atoms with van der Waals surface area (Å²) in [6.07, 6.45) is 8.72. The monoisotopic (exact) mass is 518 g/mol. The van der Waals surface area contributed by atoms with Gasteiger partial charge in [-0.25, -0.2) is 17.8 Å². The molecule has 0 radical (unpaired) electrons. The summed E-state index contributed by atoms with van der Waals surface area (Å²) in [6, 6.07) is 10.6. The number of benzene rings is 2. The second-order valence-corrected chi connectivity index (χ2v) is 12.9. The van der Waals surface area contributed by atoms with Gasteiger partial charge in [0, 0.05) is 23.8 Å². The summed E-state index contributed by atoms with van der Waals surface area (Å²) in [7, 11) is -3.03. The molecular formula is C28H27FN4O3S. The van der Waals surface area contributed by atoms with Crippen LogP contribution >= 0.6 is 0 Å². The van der Waals surface area contributed by atoms with Crippen molar-refractivity contribution in [3.8, 4) is 5.69 Å². The molecule has 2 saturated heterocycles. The van der Waals surface area contributed by atoms with Crippen molar-refractivity contribution in [3.05, 3.63) is 88.3 Å². The molecule has 37 heavy (non-hydrogen) atoms. The fraction of sp³-hybridized carbons (Fsp3) is 0.357. The average Bonchev–Trinajstić information content (AvgIpc) is 3.25. The number of hydrogen-bond acceptors (Lipinski definition) is 6. The van der Waals surface area contributed by atoms with E-state index in [0.717, 1.165) is 46.8 Å². The molecule has 1 unspecified atom stereocenters. The fourth-order valence-corrected chi connectivity index (χ4v) is 8.58. The van der Waals surface area contributed by atoms with Gasteiger partial charge in [-0.3, -0.25) is 0 Å². The number of amidine groups is 1. The Morgan fingerprint density at radius 3 is 2.57 bits per heavy atom. The molecule has 0 amide bonds. The van der Waals surface area contributed by atoms with E-state index in [1.165, 1.54) is 23.3 Å². The van der Waals surface area contributed by atoms with Gasteiger partial charge >= 0.3 is 0 Å². The summed E-state index contributed by atoms with van der Waals surface area (Å²) in [5.74, 6) is 0.810. The maximum Gasteiger partial charge on any atom is 0.172 e. The lowest BCUT2D eigenvalue weighted by Crippen LogP contribution is -2.61. The summed E-state index contributed by atoms with van der Waals surface area (Å²) in [6.45, 7) is 2.91. The third kappa shape index (κ3) is 3.79. The van der Waals surface area contributed by atoms with Crippen LogP contribution in [-0.2, 0) is 27.5 Å². The first kappa shape index (κ1) is 22.7. The summed E-state index contributed by atoms with van der Waals surface area (Å²) in [5.41, 5.74) is 7.49. The minimum atomic E-state index is -3.03. The smallest absolute Gasteiger partial charge is 0.172 e. The van der Waals surface area contributed by atoms with E-state index in [4.69, 9.17) is 4.84 Å². The summed E-state index contributed by atoms with van der Waals surface area (Å²) in [5, 5.41) is 4.46. The van der Waals surface area contributed by atoms with Gasteiger partial charge in [-0.1, -0.05) is 23.4 Å². The predicted octanol–water partition coefficient (Wildman–Crippen LogP) is 4.01. The number of nitrogens with zero attached hydrogens (tertiary/aromatic N) is 4. The number of halogens is 1. The van der Waals surface area contributed by atoms with Crippen LogP contribution in [0.5, 0.6) is 0 Å². The third-order valence-electron chi connectivity index (χ3n) is 8.08. The summed E-state index contributed by atoms with van der Waals surface area (Å²) in [4.78, 5) is 12.2. The lowest BCUT2D eigenvalue weighted by atomic mass is 9.77. The molecule has 2 aromatic carbocycles. The molecule has 2 fully saturated rings. The highest BCUT2D eigenvalue weighted by Crippen LogP contribution is 2.47. The van der Waals surface area contributed by atoms with Gasteiger partial charge in [0.15, 0.2) is 15.7 Å². The van der Waals surface area contributed by atoms with Gasteiger partial charge in [0.05, 0.1) is 29.6 Å². The quantitative estimate of drug-likeness (QED) is 0.524. The van der Waals surface area contributed by atoms with Crippen LogP contribution in [0.3, 0.4) is 0 Å². The van der Waals surface area contributed by atoms with Crippen LogP contribution in [0.4, 0.5) is 4.39 Å². The first-order valence-corrected chi connectivity index (χ1v) is 14.4. The largest absolute Gasteiger partial charge is 0.392 e. The number of hydrogen-bond donors (Lipinski definition) is 0. The van der Waals surface area contributed by atoms with Gasteiger partial charge in [-0.2, -0.15) is 0 Å². The van der Waals surface area contributed by atoms with Gasteiger partial charge in [0.25, 0.3) is 0 Å². The normalized spacial score (nSPS) is 23.9. The second-order valence-electron chi connectivity index (χ2n) is 10.8. The van der Waals surface area contributed by atoms with E-state index in [9.17, 15) is 12.8 Å². The summed E-state index contributed by atoms with van der Waals surface area (Å²) < 4.78 is 40.3. The van der Waals surface area contributed by atoms with Crippen LogP contribution in [0.25, 0.3) is 11.8 Å². The van der Waals surface area contributed by atoms with E-state index < -0.39 is 9.84 Å². The molecule has 0 saturated carbocycles. The molecule has 4 heterocycles. The van der Waals surface area contributed by atoms with Crippen molar-refractivity contribution in [2.45, 2.75) is 32.2 Å². The number of fused-ring (bicyclic) bond motifs is 2. The highest BCUT2D eigenvalue weighted by atomic mass is 32.2. The van der Waals surface area contributed by atoms with Crippen molar-refractivity contribution < 1.29 is 17.6 Å². The Morgan fingerprint density at radius 1 is 1.11 bits per heavy atom. The van der Waals surface area contributed by atoms with E-state index >= 15 is 0 Å². The van der Waals surface area contributed by atoms with Gasteiger partial charge in [-0.15, -0.1) is 0 Å². The molecule has 3 aromatic rings. The zero-order valence-corrected chi connectivity index (χ0v) is 21.3. The Labute approximate surface area is 215 Å². The number of imidazole rings is 1. The minimum Gasteiger partial charge on any atom is -0.392 e. The zero-order chi connectivity index (χ0) is 25.4. The molecule has 1 aromatic heterocycles. The topological polar surface area (TPSA) is 76.8 Å². The van der Waals surface area contributed by atoms with Crippen LogP contribution in [-0.4, -0.2) is 53.4 Å². The molecular weight excluding hydrogens is 491 g/mol. The number of aromatic nitrogens is 2. The van der Waals surface area contributed by atoms with Crippen LogP contribution in [0.1, 0.15) is 40.4 Å². The lowest BCUT2D eigenvalue weighted by molar-refractivity contribution is 0.0392. The highest BCUT2D eigenvalue weighted by Gasteiger charge is 2.54. The van der Waals surface area contributed by atoms with Crippen molar-refractivity contribution >= 4 is 21.7 Å². The number of aryl methyl sites for hydroxylation is 1. The molecule has 9 heteroatoms. The van der Waals surface area contributed by atoms with Crippen molar-refractivity contribution in [2.75, 3.05) is 24.7 Å². The van der Waals surface area contributed by atoms with E-state index in [0.29, 0.717) is 19.6 Å². The summed E-state index contributed by atoms with van der Waals surface area (Å²) >= 11 is 0. The van der Waals surface area contributed by atoms with Gasteiger partial charge < -0.3 is 14.3 Å². The number of sulfone groups is 1. The molecule has 7 nitrogen and oxygen atoms in total. The Balaban J connectivity index is 1.29. The van der Waals surface area contributed by atoms with Crippen molar-refractivity contribution in [1.29, 1.82) is 0 Å². The fourth-order valence-electron chi connectivity index (χ4n) is 6.41. The molecule has 1 aliphatic carbocycles. The Morgan fingerprint density at radius 2 is 1.89 bits per heavy atom. The van der Waals surface area contributed by atoms with Crippen molar-refractivity contribution in [1.82, 2.24) is 14.5 Å².